The second-order valence-corrected chi connectivity index (χ2v) is 9.54. The van der Waals surface area contributed by atoms with Crippen LogP contribution >= 0.6 is 11.6 Å². The van der Waals surface area contributed by atoms with E-state index in [9.17, 15) is 18.4 Å². The molecule has 184 valence electrons. The number of nitrogens with zero attached hydrogens (tertiary/aromatic N) is 4. The van der Waals surface area contributed by atoms with Gasteiger partial charge in [-0.3, -0.25) is 5.32 Å². The van der Waals surface area contributed by atoms with Crippen molar-refractivity contribution in [3.63, 3.8) is 0 Å². The summed E-state index contributed by atoms with van der Waals surface area (Å²) in [4.78, 5) is 4.70. The Balaban J connectivity index is 1.67. The van der Waals surface area contributed by atoms with Gasteiger partial charge in [0.1, 0.15) is 5.54 Å². The first-order valence-electron chi connectivity index (χ1n) is 11.7. The van der Waals surface area contributed by atoms with Crippen LogP contribution in [0.4, 0.5) is 13.2 Å². The van der Waals surface area contributed by atoms with E-state index in [1.165, 1.54) is 12.1 Å². The Morgan fingerprint density at radius 3 is 2.42 bits per heavy atom. The van der Waals surface area contributed by atoms with Gasteiger partial charge in [0, 0.05) is 40.0 Å². The lowest BCUT2D eigenvalue weighted by Gasteiger charge is -2.21. The maximum absolute atomic E-state index is 13.2. The molecule has 0 aliphatic heterocycles. The number of benzene rings is 2. The van der Waals surface area contributed by atoms with Crippen molar-refractivity contribution in [2.75, 3.05) is 0 Å². The van der Waals surface area contributed by atoms with Gasteiger partial charge in [-0.05, 0) is 38.0 Å². The SMILES string of the molecule is Cc1nn2c(-c3ccc(C(F)(F)F)cc3)c(-c3ccccc3Cl)cnc2c1CNC1(C#N)CCCC1. The van der Waals surface area contributed by atoms with Crippen molar-refractivity contribution in [2.45, 2.75) is 50.9 Å². The van der Waals surface area contributed by atoms with Crippen molar-refractivity contribution >= 4 is 17.2 Å². The molecular formula is C27H23ClF3N5. The summed E-state index contributed by atoms with van der Waals surface area (Å²) in [6.07, 6.45) is 0.850. The first kappa shape index (κ1) is 24.3. The third kappa shape index (κ3) is 4.34. The highest BCUT2D eigenvalue weighted by atomic mass is 35.5. The van der Waals surface area contributed by atoms with E-state index >= 15 is 0 Å². The number of nitrogens with one attached hydrogen (secondary N) is 1. The van der Waals surface area contributed by atoms with Crippen LogP contribution in [-0.4, -0.2) is 20.1 Å². The van der Waals surface area contributed by atoms with Gasteiger partial charge in [-0.15, -0.1) is 0 Å². The van der Waals surface area contributed by atoms with Gasteiger partial charge >= 0.3 is 6.18 Å². The van der Waals surface area contributed by atoms with Gasteiger partial charge in [0.25, 0.3) is 0 Å². The van der Waals surface area contributed by atoms with Crippen molar-refractivity contribution in [3.05, 3.63) is 76.6 Å². The maximum Gasteiger partial charge on any atom is 0.416 e. The number of rotatable bonds is 5. The van der Waals surface area contributed by atoms with E-state index in [4.69, 9.17) is 21.7 Å². The van der Waals surface area contributed by atoms with Gasteiger partial charge in [0.2, 0.25) is 0 Å². The zero-order valence-corrected chi connectivity index (χ0v) is 20.3. The Hall–Kier alpha value is -3.41. The first-order valence-corrected chi connectivity index (χ1v) is 12.1. The van der Waals surface area contributed by atoms with Crippen LogP contribution in [0, 0.1) is 18.3 Å². The molecule has 0 spiro atoms. The summed E-state index contributed by atoms with van der Waals surface area (Å²) in [6.45, 7) is 2.28. The summed E-state index contributed by atoms with van der Waals surface area (Å²) < 4.78 is 41.3. The van der Waals surface area contributed by atoms with Gasteiger partial charge in [0.05, 0.1) is 23.0 Å². The number of fused-ring (bicyclic) bond motifs is 1. The molecule has 1 saturated carbocycles. The average Bonchev–Trinajstić information content (AvgIpc) is 3.46. The zero-order valence-electron chi connectivity index (χ0n) is 19.5. The van der Waals surface area contributed by atoms with E-state index in [0.717, 1.165) is 49.1 Å². The second-order valence-electron chi connectivity index (χ2n) is 9.13. The van der Waals surface area contributed by atoms with Crippen molar-refractivity contribution in [2.24, 2.45) is 0 Å². The summed E-state index contributed by atoms with van der Waals surface area (Å²) in [6, 6.07) is 14.7. The normalized spacial score (nSPS) is 15.3. The van der Waals surface area contributed by atoms with Gasteiger partial charge < -0.3 is 0 Å². The molecule has 0 bridgehead atoms. The summed E-state index contributed by atoms with van der Waals surface area (Å²) in [5.41, 5.74) is 3.36. The smallest absolute Gasteiger partial charge is 0.295 e. The molecule has 9 heteroatoms. The van der Waals surface area contributed by atoms with Crippen LogP contribution in [0.2, 0.25) is 5.02 Å². The first-order chi connectivity index (χ1) is 17.2. The fourth-order valence-corrected chi connectivity index (χ4v) is 5.12. The van der Waals surface area contributed by atoms with Gasteiger partial charge in [-0.1, -0.05) is 54.8 Å². The molecule has 1 aliphatic rings. The Labute approximate surface area is 211 Å². The number of alkyl halides is 3. The molecule has 0 radical (unpaired) electrons. The fourth-order valence-electron chi connectivity index (χ4n) is 4.88. The third-order valence-electron chi connectivity index (χ3n) is 6.86. The average molecular weight is 510 g/mol. The van der Waals surface area contributed by atoms with Gasteiger partial charge in [-0.2, -0.15) is 23.5 Å². The number of aryl methyl sites for hydroxylation is 1. The predicted octanol–water partition coefficient (Wildman–Crippen LogP) is 6.97. The standard InChI is InChI=1S/C27H23ClF3N5/c1-17-21(15-34-26(16-32)12-4-5-13-26)25-33-14-22(20-6-2-3-7-23(20)28)24(36(25)35-17)18-8-10-19(11-9-18)27(29,30)31/h2-3,6-11,14,34H,4-5,12-13,15H2,1H3. The van der Waals surface area contributed by atoms with E-state index < -0.39 is 17.3 Å². The molecule has 0 amide bonds. The lowest BCUT2D eigenvalue weighted by Crippen LogP contribution is -2.40. The lowest BCUT2D eigenvalue weighted by molar-refractivity contribution is -0.137. The maximum atomic E-state index is 13.2. The molecule has 0 saturated heterocycles. The van der Waals surface area contributed by atoms with Gasteiger partial charge in [0.15, 0.2) is 5.65 Å². The molecule has 5 nitrogen and oxygen atoms in total. The molecule has 4 aromatic rings. The van der Waals surface area contributed by atoms with E-state index in [1.54, 1.807) is 16.8 Å². The third-order valence-corrected chi connectivity index (χ3v) is 7.19. The lowest BCUT2D eigenvalue weighted by atomic mass is 9.99. The minimum absolute atomic E-state index is 0.411. The molecule has 2 heterocycles. The Kier molecular flexibility index (Phi) is 6.23. The highest BCUT2D eigenvalue weighted by Crippen LogP contribution is 2.38. The van der Waals surface area contributed by atoms with Crippen molar-refractivity contribution in [1.82, 2.24) is 19.9 Å². The van der Waals surface area contributed by atoms with Crippen LogP contribution in [0.5, 0.6) is 0 Å². The number of hydrogen-bond donors (Lipinski definition) is 1. The van der Waals surface area contributed by atoms with Crippen LogP contribution in [-0.2, 0) is 12.7 Å². The molecular weight excluding hydrogens is 487 g/mol. The summed E-state index contributed by atoms with van der Waals surface area (Å²) >= 11 is 6.50. The predicted molar refractivity (Wildman–Crippen MR) is 132 cm³/mol. The molecule has 0 unspecified atom stereocenters. The minimum atomic E-state index is -4.43. The minimum Gasteiger partial charge on any atom is -0.295 e. The Bertz CT molecular complexity index is 1460. The van der Waals surface area contributed by atoms with E-state index in [2.05, 4.69) is 11.4 Å². The second kappa shape index (κ2) is 9.23. The molecule has 36 heavy (non-hydrogen) atoms. The molecule has 0 atom stereocenters. The van der Waals surface area contributed by atoms with Crippen molar-refractivity contribution in [3.8, 4) is 28.5 Å². The Morgan fingerprint density at radius 2 is 1.78 bits per heavy atom. The molecule has 5 rings (SSSR count). The van der Waals surface area contributed by atoms with Crippen LogP contribution in [0.25, 0.3) is 28.0 Å². The largest absolute Gasteiger partial charge is 0.416 e. The van der Waals surface area contributed by atoms with Crippen LogP contribution in [0.1, 0.15) is 42.5 Å². The summed E-state index contributed by atoms with van der Waals surface area (Å²) in [7, 11) is 0. The number of hydrogen-bond acceptors (Lipinski definition) is 4. The van der Waals surface area contributed by atoms with Crippen LogP contribution in [0.3, 0.4) is 0 Å². The van der Waals surface area contributed by atoms with Crippen molar-refractivity contribution in [1.29, 1.82) is 5.26 Å². The number of nitriles is 1. The van der Waals surface area contributed by atoms with E-state index in [0.29, 0.717) is 39.6 Å². The van der Waals surface area contributed by atoms with E-state index in [1.807, 2.05) is 25.1 Å². The molecule has 1 aliphatic carbocycles. The van der Waals surface area contributed by atoms with E-state index in [-0.39, 0.29) is 0 Å². The topological polar surface area (TPSA) is 66.0 Å². The molecule has 2 aromatic heterocycles. The summed E-state index contributed by atoms with van der Waals surface area (Å²) in [5.74, 6) is 0. The quantitative estimate of drug-likeness (QED) is 0.315. The number of aromatic nitrogens is 3. The fraction of sp³-hybridized carbons (Fsp3) is 0.296. The van der Waals surface area contributed by atoms with Crippen molar-refractivity contribution < 1.29 is 13.2 Å². The Morgan fingerprint density at radius 1 is 1.08 bits per heavy atom. The number of halogens is 4. The van der Waals surface area contributed by atoms with Gasteiger partial charge in [-0.25, -0.2) is 9.50 Å². The zero-order chi connectivity index (χ0) is 25.5. The molecule has 1 fully saturated rings. The van der Waals surface area contributed by atoms with Crippen LogP contribution in [0.15, 0.2) is 54.7 Å². The highest BCUT2D eigenvalue weighted by Gasteiger charge is 2.34. The monoisotopic (exact) mass is 509 g/mol. The van der Waals surface area contributed by atoms with Crippen LogP contribution < -0.4 is 5.32 Å². The highest BCUT2D eigenvalue weighted by molar-refractivity contribution is 6.33. The molecule has 2 aromatic carbocycles. The summed E-state index contributed by atoms with van der Waals surface area (Å²) in [5, 5.41) is 18.4. The molecule has 1 N–H and O–H groups in total.